The van der Waals surface area contributed by atoms with Crippen LogP contribution in [0, 0.1) is 0 Å². The molecule has 0 unspecified atom stereocenters. The molecule has 0 radical (unpaired) electrons. The lowest BCUT2D eigenvalue weighted by Crippen LogP contribution is -2.19. The molecule has 2 aromatic rings. The smallest absolute Gasteiger partial charge is 0.142 e. The Morgan fingerprint density at radius 1 is 1.17 bits per heavy atom. The van der Waals surface area contributed by atoms with E-state index in [1.165, 1.54) is 18.4 Å². The minimum Gasteiger partial charge on any atom is -0.495 e. The lowest BCUT2D eigenvalue weighted by Gasteiger charge is -2.22. The molecule has 1 heterocycles. The molecule has 0 fully saturated rings. The zero-order chi connectivity index (χ0) is 16.5. The first-order valence-electron chi connectivity index (χ1n) is 8.23. The number of nitrogens with one attached hydrogen (secondary N) is 1. The van der Waals surface area contributed by atoms with Gasteiger partial charge in [0.05, 0.1) is 18.5 Å². The lowest BCUT2D eigenvalue weighted by molar-refractivity contribution is 0.414. The highest BCUT2D eigenvalue weighted by atomic mass is 16.5. The molecule has 4 nitrogen and oxygen atoms in total. The van der Waals surface area contributed by atoms with Gasteiger partial charge in [-0.3, -0.25) is 4.98 Å². The van der Waals surface area contributed by atoms with Gasteiger partial charge in [-0.25, -0.2) is 0 Å². The highest BCUT2D eigenvalue weighted by molar-refractivity contribution is 5.59. The molecule has 0 saturated carbocycles. The molecule has 0 aliphatic carbocycles. The lowest BCUT2D eigenvalue weighted by atomic mass is 10.1. The van der Waals surface area contributed by atoms with Crippen molar-refractivity contribution in [2.45, 2.75) is 32.9 Å². The second kappa shape index (κ2) is 9.16. The number of aromatic nitrogens is 1. The van der Waals surface area contributed by atoms with E-state index in [0.29, 0.717) is 0 Å². The average molecular weight is 313 g/mol. The molecule has 0 amide bonds. The zero-order valence-electron chi connectivity index (χ0n) is 14.4. The number of hydrogen-bond acceptors (Lipinski definition) is 4. The van der Waals surface area contributed by atoms with Crippen molar-refractivity contribution in [2.75, 3.05) is 25.6 Å². The SMILES string of the molecule is CCCCN(C)c1ccc(CNCc2ccccn2)cc1OC. The van der Waals surface area contributed by atoms with Gasteiger partial charge in [-0.1, -0.05) is 25.5 Å². The molecule has 0 saturated heterocycles. The number of ether oxygens (including phenoxy) is 1. The zero-order valence-corrected chi connectivity index (χ0v) is 14.4. The van der Waals surface area contributed by atoms with Crippen molar-refractivity contribution < 1.29 is 4.74 Å². The van der Waals surface area contributed by atoms with Crippen molar-refractivity contribution in [1.29, 1.82) is 0 Å². The van der Waals surface area contributed by atoms with Gasteiger partial charge in [0, 0.05) is 32.9 Å². The van der Waals surface area contributed by atoms with Crippen LogP contribution in [0.4, 0.5) is 5.69 Å². The fourth-order valence-corrected chi connectivity index (χ4v) is 2.50. The largest absolute Gasteiger partial charge is 0.495 e. The van der Waals surface area contributed by atoms with Crippen LogP contribution in [-0.4, -0.2) is 25.7 Å². The van der Waals surface area contributed by atoms with Crippen LogP contribution in [0.5, 0.6) is 5.75 Å². The normalized spacial score (nSPS) is 10.6. The summed E-state index contributed by atoms with van der Waals surface area (Å²) in [7, 11) is 3.85. The van der Waals surface area contributed by atoms with E-state index in [1.807, 2.05) is 24.4 Å². The van der Waals surface area contributed by atoms with Crippen molar-refractivity contribution in [3.8, 4) is 5.75 Å². The maximum atomic E-state index is 5.57. The van der Waals surface area contributed by atoms with Crippen molar-refractivity contribution in [3.63, 3.8) is 0 Å². The molecule has 0 aliphatic heterocycles. The van der Waals surface area contributed by atoms with Crippen molar-refractivity contribution in [3.05, 3.63) is 53.9 Å². The van der Waals surface area contributed by atoms with Gasteiger partial charge in [-0.15, -0.1) is 0 Å². The van der Waals surface area contributed by atoms with Gasteiger partial charge in [0.2, 0.25) is 0 Å². The third kappa shape index (κ3) is 5.25. The number of anilines is 1. The Morgan fingerprint density at radius 2 is 2.04 bits per heavy atom. The minimum atomic E-state index is 0.765. The molecule has 2 rings (SSSR count). The van der Waals surface area contributed by atoms with Gasteiger partial charge in [-0.2, -0.15) is 0 Å². The Kier molecular flexibility index (Phi) is 6.88. The summed E-state index contributed by atoms with van der Waals surface area (Å²) in [6, 6.07) is 12.4. The predicted octanol–water partition coefficient (Wildman–Crippen LogP) is 3.62. The second-order valence-electron chi connectivity index (χ2n) is 5.71. The summed E-state index contributed by atoms with van der Waals surface area (Å²) < 4.78 is 5.57. The summed E-state index contributed by atoms with van der Waals surface area (Å²) in [5, 5.41) is 3.42. The molecule has 4 heteroatoms. The predicted molar refractivity (Wildman–Crippen MR) is 96.0 cm³/mol. The number of rotatable bonds is 9. The summed E-state index contributed by atoms with van der Waals surface area (Å²) in [5.41, 5.74) is 3.41. The third-order valence-corrected chi connectivity index (χ3v) is 3.86. The summed E-state index contributed by atoms with van der Waals surface area (Å²) in [4.78, 5) is 6.57. The first-order valence-corrected chi connectivity index (χ1v) is 8.23. The Labute approximate surface area is 139 Å². The van der Waals surface area contributed by atoms with E-state index >= 15 is 0 Å². The molecular formula is C19H27N3O. The minimum absolute atomic E-state index is 0.765. The van der Waals surface area contributed by atoms with E-state index in [4.69, 9.17) is 4.74 Å². The van der Waals surface area contributed by atoms with E-state index in [9.17, 15) is 0 Å². The van der Waals surface area contributed by atoms with Gasteiger partial charge < -0.3 is 15.0 Å². The Bertz CT molecular complexity index is 586. The third-order valence-electron chi connectivity index (χ3n) is 3.86. The second-order valence-corrected chi connectivity index (χ2v) is 5.71. The summed E-state index contributed by atoms with van der Waals surface area (Å²) in [6.45, 7) is 4.82. The first-order chi connectivity index (χ1) is 11.2. The van der Waals surface area contributed by atoms with Crippen LogP contribution in [0.3, 0.4) is 0 Å². The molecule has 1 aromatic carbocycles. The Hall–Kier alpha value is -2.07. The molecule has 0 atom stereocenters. The molecule has 1 N–H and O–H groups in total. The summed E-state index contributed by atoms with van der Waals surface area (Å²) in [6.07, 6.45) is 4.20. The van der Waals surface area contributed by atoms with Gasteiger partial charge in [0.1, 0.15) is 5.75 Å². The van der Waals surface area contributed by atoms with Crippen LogP contribution in [0.1, 0.15) is 31.0 Å². The van der Waals surface area contributed by atoms with E-state index in [2.05, 4.69) is 47.4 Å². The number of nitrogens with zero attached hydrogens (tertiary/aromatic N) is 2. The molecular weight excluding hydrogens is 286 g/mol. The van der Waals surface area contributed by atoms with Crippen molar-refractivity contribution >= 4 is 5.69 Å². The van der Waals surface area contributed by atoms with Crippen LogP contribution in [0.15, 0.2) is 42.6 Å². The average Bonchev–Trinajstić information content (AvgIpc) is 2.60. The fourth-order valence-electron chi connectivity index (χ4n) is 2.50. The molecule has 124 valence electrons. The molecule has 0 bridgehead atoms. The molecule has 1 aromatic heterocycles. The number of methoxy groups -OCH3 is 1. The van der Waals surface area contributed by atoms with Gasteiger partial charge in [-0.05, 0) is 36.2 Å². The van der Waals surface area contributed by atoms with Crippen LogP contribution in [0.2, 0.25) is 0 Å². The summed E-state index contributed by atoms with van der Waals surface area (Å²) >= 11 is 0. The van der Waals surface area contributed by atoms with E-state index < -0.39 is 0 Å². The van der Waals surface area contributed by atoms with Crippen LogP contribution in [-0.2, 0) is 13.1 Å². The highest BCUT2D eigenvalue weighted by Gasteiger charge is 2.08. The number of hydrogen-bond donors (Lipinski definition) is 1. The number of pyridine rings is 1. The van der Waals surface area contributed by atoms with Crippen molar-refractivity contribution in [1.82, 2.24) is 10.3 Å². The van der Waals surface area contributed by atoms with Crippen LogP contribution in [0.25, 0.3) is 0 Å². The van der Waals surface area contributed by atoms with E-state index in [-0.39, 0.29) is 0 Å². The van der Waals surface area contributed by atoms with Gasteiger partial charge in [0.25, 0.3) is 0 Å². The molecule has 0 spiro atoms. The van der Waals surface area contributed by atoms with E-state index in [0.717, 1.165) is 36.8 Å². The standard InChI is InChI=1S/C19H27N3O/c1-4-5-12-22(2)18-10-9-16(13-19(18)23-3)14-20-15-17-8-6-7-11-21-17/h6-11,13,20H,4-5,12,14-15H2,1-3H3. The quantitative estimate of drug-likeness (QED) is 0.767. The Balaban J connectivity index is 1.95. The van der Waals surface area contributed by atoms with E-state index in [1.54, 1.807) is 7.11 Å². The maximum absolute atomic E-state index is 5.57. The van der Waals surface area contributed by atoms with Gasteiger partial charge in [0.15, 0.2) is 0 Å². The fraction of sp³-hybridized carbons (Fsp3) is 0.421. The number of benzene rings is 1. The van der Waals surface area contributed by atoms with Gasteiger partial charge >= 0.3 is 0 Å². The topological polar surface area (TPSA) is 37.4 Å². The first kappa shape index (κ1) is 17.3. The molecule has 23 heavy (non-hydrogen) atoms. The monoisotopic (exact) mass is 313 g/mol. The number of unbranched alkanes of at least 4 members (excludes halogenated alkanes) is 1. The van der Waals surface area contributed by atoms with Crippen LogP contribution < -0.4 is 15.0 Å². The maximum Gasteiger partial charge on any atom is 0.142 e. The molecule has 0 aliphatic rings. The Morgan fingerprint density at radius 3 is 2.74 bits per heavy atom. The summed E-state index contributed by atoms with van der Waals surface area (Å²) in [5.74, 6) is 0.931. The van der Waals surface area contributed by atoms with Crippen LogP contribution >= 0.6 is 0 Å². The van der Waals surface area contributed by atoms with Crippen molar-refractivity contribution in [2.24, 2.45) is 0 Å². The highest BCUT2D eigenvalue weighted by Crippen LogP contribution is 2.28.